The molecule has 1 fully saturated rings. The van der Waals surface area contributed by atoms with Gasteiger partial charge in [-0.3, -0.25) is 0 Å². The maximum atomic E-state index is 6.17. The van der Waals surface area contributed by atoms with Crippen molar-refractivity contribution >= 4 is 0 Å². The van der Waals surface area contributed by atoms with E-state index in [1.165, 1.54) is 38.5 Å². The second kappa shape index (κ2) is 8.92. The summed E-state index contributed by atoms with van der Waals surface area (Å²) < 4.78 is 6.17. The van der Waals surface area contributed by atoms with Crippen LogP contribution in [0.1, 0.15) is 66.2 Å². The fourth-order valence-corrected chi connectivity index (χ4v) is 2.95. The lowest BCUT2D eigenvalue weighted by molar-refractivity contribution is -0.0222. The first-order valence-corrected chi connectivity index (χ1v) is 8.02. The van der Waals surface area contributed by atoms with Gasteiger partial charge in [0, 0.05) is 12.6 Å². The fourth-order valence-electron chi connectivity index (χ4n) is 2.95. The molecule has 0 aromatic carbocycles. The van der Waals surface area contributed by atoms with Gasteiger partial charge in [-0.15, -0.1) is 0 Å². The first-order chi connectivity index (χ1) is 8.67. The molecule has 0 aromatic rings. The Hall–Kier alpha value is -0.0800. The molecule has 18 heavy (non-hydrogen) atoms. The van der Waals surface area contributed by atoms with Crippen molar-refractivity contribution in [1.82, 2.24) is 5.32 Å². The minimum absolute atomic E-state index is 0.448. The second-order valence-electron chi connectivity index (χ2n) is 6.29. The first-order valence-electron chi connectivity index (χ1n) is 8.02. The van der Waals surface area contributed by atoms with E-state index < -0.39 is 0 Å². The lowest BCUT2D eigenvalue weighted by Crippen LogP contribution is -2.46. The van der Waals surface area contributed by atoms with Gasteiger partial charge in [0.15, 0.2) is 0 Å². The topological polar surface area (TPSA) is 21.3 Å². The summed E-state index contributed by atoms with van der Waals surface area (Å²) >= 11 is 0. The Bertz CT molecular complexity index is 205. The van der Waals surface area contributed by atoms with Crippen molar-refractivity contribution in [2.45, 2.75) is 78.4 Å². The van der Waals surface area contributed by atoms with Crippen molar-refractivity contribution in [1.29, 1.82) is 0 Å². The summed E-state index contributed by atoms with van der Waals surface area (Å²) in [5, 5.41) is 3.68. The average molecular weight is 255 g/mol. The van der Waals surface area contributed by atoms with Gasteiger partial charge in [-0.1, -0.05) is 40.5 Å². The van der Waals surface area contributed by atoms with Gasteiger partial charge in [0.05, 0.1) is 6.10 Å². The normalized spacial score (nSPS) is 28.8. The Morgan fingerprint density at radius 3 is 2.56 bits per heavy atom. The van der Waals surface area contributed by atoms with E-state index in [0.717, 1.165) is 19.1 Å². The quantitative estimate of drug-likeness (QED) is 0.708. The molecule has 0 bridgehead atoms. The zero-order chi connectivity index (χ0) is 13.4. The summed E-state index contributed by atoms with van der Waals surface area (Å²) in [6.45, 7) is 11.0. The molecular weight excluding hydrogens is 222 g/mol. The average Bonchev–Trinajstić information content (AvgIpc) is 2.35. The van der Waals surface area contributed by atoms with Crippen molar-refractivity contribution in [3.8, 4) is 0 Å². The zero-order valence-corrected chi connectivity index (χ0v) is 12.9. The van der Waals surface area contributed by atoms with E-state index in [0.29, 0.717) is 18.1 Å². The van der Waals surface area contributed by atoms with Gasteiger partial charge in [-0.2, -0.15) is 0 Å². The van der Waals surface area contributed by atoms with Crippen LogP contribution in [0.25, 0.3) is 0 Å². The fraction of sp³-hybridized carbons (Fsp3) is 1.00. The zero-order valence-electron chi connectivity index (χ0n) is 12.9. The van der Waals surface area contributed by atoms with E-state index in [2.05, 4.69) is 33.0 Å². The predicted molar refractivity (Wildman–Crippen MR) is 78.9 cm³/mol. The molecule has 0 amide bonds. The van der Waals surface area contributed by atoms with E-state index in [1.807, 2.05) is 0 Å². The largest absolute Gasteiger partial charge is 0.376 e. The van der Waals surface area contributed by atoms with Crippen LogP contribution < -0.4 is 5.32 Å². The van der Waals surface area contributed by atoms with Crippen LogP contribution in [0.3, 0.4) is 0 Å². The van der Waals surface area contributed by atoms with Crippen molar-refractivity contribution in [3.63, 3.8) is 0 Å². The monoisotopic (exact) mass is 255 g/mol. The van der Waals surface area contributed by atoms with Crippen LogP contribution in [0.2, 0.25) is 0 Å². The SMILES string of the molecule is CCCNC1CCC(CCC)CC1OCC(C)C. The Kier molecular flexibility index (Phi) is 7.92. The molecule has 1 rings (SSSR count). The molecule has 108 valence electrons. The van der Waals surface area contributed by atoms with E-state index in [1.54, 1.807) is 0 Å². The smallest absolute Gasteiger partial charge is 0.0730 e. The summed E-state index contributed by atoms with van der Waals surface area (Å²) in [4.78, 5) is 0. The standard InChI is InChI=1S/C16H33NO/c1-5-7-14-8-9-15(17-10-6-2)16(11-14)18-12-13(3)4/h13-17H,5-12H2,1-4H3. The number of hydrogen-bond donors (Lipinski definition) is 1. The minimum atomic E-state index is 0.448. The first kappa shape index (κ1) is 16.0. The van der Waals surface area contributed by atoms with Crippen molar-refractivity contribution < 1.29 is 4.74 Å². The van der Waals surface area contributed by atoms with E-state index in [9.17, 15) is 0 Å². The summed E-state index contributed by atoms with van der Waals surface area (Å²) in [6, 6.07) is 0.594. The van der Waals surface area contributed by atoms with Gasteiger partial charge in [0.2, 0.25) is 0 Å². The van der Waals surface area contributed by atoms with E-state index >= 15 is 0 Å². The lowest BCUT2D eigenvalue weighted by atomic mass is 9.81. The van der Waals surface area contributed by atoms with Gasteiger partial charge in [0.25, 0.3) is 0 Å². The summed E-state index contributed by atoms with van der Waals surface area (Å²) in [6.07, 6.45) is 8.30. The highest BCUT2D eigenvalue weighted by molar-refractivity contribution is 4.85. The van der Waals surface area contributed by atoms with Crippen LogP contribution in [0.15, 0.2) is 0 Å². The number of hydrogen-bond acceptors (Lipinski definition) is 2. The molecule has 3 unspecified atom stereocenters. The number of ether oxygens (including phenoxy) is 1. The van der Waals surface area contributed by atoms with Crippen LogP contribution >= 0.6 is 0 Å². The molecule has 1 aliphatic rings. The second-order valence-corrected chi connectivity index (χ2v) is 6.29. The van der Waals surface area contributed by atoms with Gasteiger partial charge in [0.1, 0.15) is 0 Å². The van der Waals surface area contributed by atoms with Crippen LogP contribution in [0.4, 0.5) is 0 Å². The van der Waals surface area contributed by atoms with Crippen LogP contribution in [0.5, 0.6) is 0 Å². The van der Waals surface area contributed by atoms with Gasteiger partial charge >= 0.3 is 0 Å². The van der Waals surface area contributed by atoms with Crippen molar-refractivity contribution in [3.05, 3.63) is 0 Å². The molecule has 0 radical (unpaired) electrons. The third-order valence-corrected chi connectivity index (χ3v) is 3.90. The molecule has 3 atom stereocenters. The molecule has 1 saturated carbocycles. The third kappa shape index (κ3) is 5.71. The predicted octanol–water partition coefficient (Wildman–Crippen LogP) is 4.00. The Labute approximate surface area is 114 Å². The van der Waals surface area contributed by atoms with E-state index in [-0.39, 0.29) is 0 Å². The molecule has 0 spiro atoms. The Morgan fingerprint density at radius 1 is 1.17 bits per heavy atom. The van der Waals surface area contributed by atoms with Gasteiger partial charge in [-0.25, -0.2) is 0 Å². The highest BCUT2D eigenvalue weighted by atomic mass is 16.5. The number of nitrogens with one attached hydrogen (secondary N) is 1. The Morgan fingerprint density at radius 2 is 1.94 bits per heavy atom. The highest BCUT2D eigenvalue weighted by Gasteiger charge is 2.30. The summed E-state index contributed by atoms with van der Waals surface area (Å²) in [5.74, 6) is 1.54. The molecule has 1 N–H and O–H groups in total. The number of rotatable bonds is 8. The molecule has 0 saturated heterocycles. The van der Waals surface area contributed by atoms with Gasteiger partial charge < -0.3 is 10.1 Å². The molecule has 1 aliphatic carbocycles. The molecule has 0 aliphatic heterocycles. The van der Waals surface area contributed by atoms with E-state index in [4.69, 9.17) is 4.74 Å². The maximum Gasteiger partial charge on any atom is 0.0730 e. The summed E-state index contributed by atoms with van der Waals surface area (Å²) in [7, 11) is 0. The molecular formula is C16H33NO. The molecule has 0 aromatic heterocycles. The molecule has 0 heterocycles. The van der Waals surface area contributed by atoms with Crippen LogP contribution in [-0.2, 0) is 4.74 Å². The highest BCUT2D eigenvalue weighted by Crippen LogP contribution is 2.30. The maximum absolute atomic E-state index is 6.17. The summed E-state index contributed by atoms with van der Waals surface area (Å²) in [5.41, 5.74) is 0. The third-order valence-electron chi connectivity index (χ3n) is 3.90. The van der Waals surface area contributed by atoms with Crippen molar-refractivity contribution in [2.24, 2.45) is 11.8 Å². The molecule has 2 nitrogen and oxygen atoms in total. The van der Waals surface area contributed by atoms with Crippen molar-refractivity contribution in [2.75, 3.05) is 13.2 Å². The Balaban J connectivity index is 2.43. The minimum Gasteiger partial charge on any atom is -0.376 e. The van der Waals surface area contributed by atoms with Crippen LogP contribution in [0, 0.1) is 11.8 Å². The molecule has 2 heteroatoms. The van der Waals surface area contributed by atoms with Gasteiger partial charge in [-0.05, 0) is 44.1 Å². The van der Waals surface area contributed by atoms with Crippen LogP contribution in [-0.4, -0.2) is 25.3 Å². The lowest BCUT2D eigenvalue weighted by Gasteiger charge is -2.37.